The van der Waals surface area contributed by atoms with Gasteiger partial charge in [0.25, 0.3) is 0 Å². The summed E-state index contributed by atoms with van der Waals surface area (Å²) in [5.74, 6) is 0.762. The smallest absolute Gasteiger partial charge is 0.314 e. The zero-order valence-electron chi connectivity index (χ0n) is 13.9. The van der Waals surface area contributed by atoms with Crippen LogP contribution in [0.4, 0.5) is 4.79 Å². The van der Waals surface area contributed by atoms with Gasteiger partial charge in [0.15, 0.2) is 0 Å². The van der Waals surface area contributed by atoms with Crippen molar-refractivity contribution in [3.63, 3.8) is 0 Å². The Morgan fingerprint density at radius 1 is 1.38 bits per heavy atom. The van der Waals surface area contributed by atoms with Gasteiger partial charge in [-0.05, 0) is 25.0 Å². The number of likely N-dealkylation sites (tertiary alicyclic amines) is 1. The Hall–Kier alpha value is -1.95. The fourth-order valence-electron chi connectivity index (χ4n) is 2.87. The number of hydrogen-bond acceptors (Lipinski definition) is 3. The number of piperidine rings is 1. The van der Waals surface area contributed by atoms with Crippen molar-refractivity contribution in [1.82, 2.24) is 9.80 Å². The highest BCUT2D eigenvalue weighted by Crippen LogP contribution is 2.21. The minimum Gasteiger partial charge on any atom is -0.351 e. The molecule has 1 fully saturated rings. The summed E-state index contributed by atoms with van der Waals surface area (Å²) >= 11 is 1.73. The summed E-state index contributed by atoms with van der Waals surface area (Å²) in [4.78, 5) is 28.7. The average molecular weight is 347 g/mol. The van der Waals surface area contributed by atoms with Gasteiger partial charge in [0.1, 0.15) is 0 Å². The SMILES string of the molecule is C=CCN(CCSc1ccccc1)C(=O)[C@@H]1CCCN(C(N)=O)C1. The highest BCUT2D eigenvalue weighted by molar-refractivity contribution is 7.99. The summed E-state index contributed by atoms with van der Waals surface area (Å²) in [5, 5.41) is 0. The van der Waals surface area contributed by atoms with Gasteiger partial charge in [0.05, 0.1) is 5.92 Å². The van der Waals surface area contributed by atoms with E-state index in [4.69, 9.17) is 5.73 Å². The predicted molar refractivity (Wildman–Crippen MR) is 97.8 cm³/mol. The lowest BCUT2D eigenvalue weighted by molar-refractivity contribution is -0.136. The van der Waals surface area contributed by atoms with Crippen LogP contribution in [0.5, 0.6) is 0 Å². The number of urea groups is 1. The minimum absolute atomic E-state index is 0.0921. The standard InChI is InChI=1S/C18H25N3O2S/c1-2-10-20(12-13-24-16-8-4-3-5-9-16)17(22)15-7-6-11-21(14-15)18(19)23/h2-5,8-9,15H,1,6-7,10-14H2,(H2,19,23)/t15-/m1/s1. The molecule has 0 unspecified atom stereocenters. The topological polar surface area (TPSA) is 66.6 Å². The number of nitrogens with zero attached hydrogens (tertiary/aromatic N) is 2. The molecule has 24 heavy (non-hydrogen) atoms. The van der Waals surface area contributed by atoms with Crippen molar-refractivity contribution in [2.45, 2.75) is 17.7 Å². The highest BCUT2D eigenvalue weighted by atomic mass is 32.2. The molecule has 3 amide bonds. The molecule has 0 spiro atoms. The van der Waals surface area contributed by atoms with Crippen LogP contribution >= 0.6 is 11.8 Å². The van der Waals surface area contributed by atoms with E-state index in [1.807, 2.05) is 23.1 Å². The van der Waals surface area contributed by atoms with Crippen molar-refractivity contribution >= 4 is 23.7 Å². The largest absolute Gasteiger partial charge is 0.351 e. The van der Waals surface area contributed by atoms with E-state index in [0.717, 1.165) is 18.6 Å². The molecule has 1 heterocycles. The first-order valence-electron chi connectivity index (χ1n) is 8.23. The molecular formula is C18H25N3O2S. The summed E-state index contributed by atoms with van der Waals surface area (Å²) in [6, 6.07) is 9.70. The zero-order chi connectivity index (χ0) is 17.4. The first-order chi connectivity index (χ1) is 11.6. The number of benzene rings is 1. The van der Waals surface area contributed by atoms with Crippen LogP contribution in [-0.4, -0.2) is 53.7 Å². The summed E-state index contributed by atoms with van der Waals surface area (Å²) in [6.45, 7) is 6.01. The first kappa shape index (κ1) is 18.4. The average Bonchev–Trinajstić information content (AvgIpc) is 2.61. The first-order valence-corrected chi connectivity index (χ1v) is 9.22. The van der Waals surface area contributed by atoms with Gasteiger partial charge in [-0.2, -0.15) is 0 Å². The summed E-state index contributed by atoms with van der Waals surface area (Å²) < 4.78 is 0. The number of nitrogens with two attached hydrogens (primary N) is 1. The van der Waals surface area contributed by atoms with E-state index in [0.29, 0.717) is 26.2 Å². The lowest BCUT2D eigenvalue weighted by Crippen LogP contribution is -2.48. The van der Waals surface area contributed by atoms with Crippen LogP contribution in [0, 0.1) is 5.92 Å². The molecule has 1 aromatic rings. The lowest BCUT2D eigenvalue weighted by Gasteiger charge is -2.33. The molecule has 2 N–H and O–H groups in total. The van der Waals surface area contributed by atoms with E-state index in [2.05, 4.69) is 18.7 Å². The molecule has 1 saturated heterocycles. The number of amides is 3. The van der Waals surface area contributed by atoms with Crippen LogP contribution < -0.4 is 5.73 Å². The van der Waals surface area contributed by atoms with Crippen LogP contribution in [0.15, 0.2) is 47.9 Å². The van der Waals surface area contributed by atoms with E-state index in [9.17, 15) is 9.59 Å². The molecule has 0 bridgehead atoms. The molecule has 1 aliphatic heterocycles. The van der Waals surface area contributed by atoms with Crippen molar-refractivity contribution in [1.29, 1.82) is 0 Å². The van der Waals surface area contributed by atoms with Crippen molar-refractivity contribution in [3.8, 4) is 0 Å². The second-order valence-electron chi connectivity index (χ2n) is 5.86. The quantitative estimate of drug-likeness (QED) is 0.609. The molecule has 1 aromatic carbocycles. The van der Waals surface area contributed by atoms with E-state index < -0.39 is 6.03 Å². The van der Waals surface area contributed by atoms with Gasteiger partial charge in [-0.25, -0.2) is 4.79 Å². The third kappa shape index (κ3) is 5.30. The van der Waals surface area contributed by atoms with Crippen LogP contribution in [0.3, 0.4) is 0 Å². The molecule has 5 nitrogen and oxygen atoms in total. The Kier molecular flexibility index (Phi) is 7.18. The Balaban J connectivity index is 1.89. The molecule has 0 saturated carbocycles. The van der Waals surface area contributed by atoms with Gasteiger partial charge in [-0.1, -0.05) is 24.3 Å². The fourth-order valence-corrected chi connectivity index (χ4v) is 3.77. The Morgan fingerprint density at radius 3 is 2.79 bits per heavy atom. The molecule has 2 rings (SSSR count). The maximum atomic E-state index is 12.8. The van der Waals surface area contributed by atoms with Gasteiger partial charge in [0, 0.05) is 36.8 Å². The molecule has 1 atom stereocenters. The zero-order valence-corrected chi connectivity index (χ0v) is 14.7. The monoisotopic (exact) mass is 347 g/mol. The van der Waals surface area contributed by atoms with Crippen LogP contribution in [-0.2, 0) is 4.79 Å². The lowest BCUT2D eigenvalue weighted by atomic mass is 9.96. The van der Waals surface area contributed by atoms with Crippen molar-refractivity contribution in [2.24, 2.45) is 11.7 Å². The third-order valence-corrected chi connectivity index (χ3v) is 5.11. The summed E-state index contributed by atoms with van der Waals surface area (Å²) in [6.07, 6.45) is 3.38. The molecule has 0 aromatic heterocycles. The van der Waals surface area contributed by atoms with Gasteiger partial charge in [-0.15, -0.1) is 18.3 Å². The van der Waals surface area contributed by atoms with Gasteiger partial charge >= 0.3 is 6.03 Å². The Bertz CT molecular complexity index is 565. The minimum atomic E-state index is -0.442. The molecule has 1 aliphatic rings. The van der Waals surface area contributed by atoms with Crippen molar-refractivity contribution in [3.05, 3.63) is 43.0 Å². The van der Waals surface area contributed by atoms with E-state index in [-0.39, 0.29) is 11.8 Å². The van der Waals surface area contributed by atoms with E-state index in [1.54, 1.807) is 22.7 Å². The molecule has 6 heteroatoms. The number of rotatable bonds is 7. The number of carbonyl (C=O) groups is 2. The van der Waals surface area contributed by atoms with E-state index in [1.165, 1.54) is 4.90 Å². The summed E-state index contributed by atoms with van der Waals surface area (Å²) in [7, 11) is 0. The highest BCUT2D eigenvalue weighted by Gasteiger charge is 2.30. The number of thioether (sulfide) groups is 1. The second kappa shape index (κ2) is 9.37. The van der Waals surface area contributed by atoms with Crippen LogP contribution in [0.25, 0.3) is 0 Å². The predicted octanol–water partition coefficient (Wildman–Crippen LogP) is 2.58. The molecule has 0 radical (unpaired) electrons. The van der Waals surface area contributed by atoms with Crippen molar-refractivity contribution in [2.75, 3.05) is 31.9 Å². The van der Waals surface area contributed by atoms with Crippen molar-refractivity contribution < 1.29 is 9.59 Å². The summed E-state index contributed by atoms with van der Waals surface area (Å²) in [5.41, 5.74) is 5.35. The number of hydrogen-bond donors (Lipinski definition) is 1. The van der Waals surface area contributed by atoms with Gasteiger partial charge < -0.3 is 15.5 Å². The van der Waals surface area contributed by atoms with E-state index >= 15 is 0 Å². The second-order valence-corrected chi connectivity index (χ2v) is 7.03. The van der Waals surface area contributed by atoms with Crippen LogP contribution in [0.2, 0.25) is 0 Å². The maximum Gasteiger partial charge on any atom is 0.314 e. The maximum absolute atomic E-state index is 12.8. The number of primary amides is 1. The fraction of sp³-hybridized carbons (Fsp3) is 0.444. The third-order valence-electron chi connectivity index (χ3n) is 4.12. The molecule has 0 aliphatic carbocycles. The number of carbonyl (C=O) groups excluding carboxylic acids is 2. The normalized spacial score (nSPS) is 17.3. The van der Waals surface area contributed by atoms with Gasteiger partial charge in [-0.3, -0.25) is 4.79 Å². The van der Waals surface area contributed by atoms with Gasteiger partial charge in [0.2, 0.25) is 5.91 Å². The molecular weight excluding hydrogens is 322 g/mol. The molecule has 130 valence electrons. The Labute approximate surface area is 147 Å². The van der Waals surface area contributed by atoms with Crippen LogP contribution in [0.1, 0.15) is 12.8 Å². The Morgan fingerprint density at radius 2 is 2.12 bits per heavy atom.